The Kier molecular flexibility index (Phi) is 5.69. The van der Waals surface area contributed by atoms with Crippen molar-refractivity contribution in [3.8, 4) is 0 Å². The zero-order valence-corrected chi connectivity index (χ0v) is 10.0. The van der Waals surface area contributed by atoms with Crippen LogP contribution in [0.25, 0.3) is 0 Å². The Morgan fingerprint density at radius 1 is 1.40 bits per heavy atom. The van der Waals surface area contributed by atoms with Crippen molar-refractivity contribution in [3.05, 3.63) is 0 Å². The van der Waals surface area contributed by atoms with Crippen molar-refractivity contribution in [3.63, 3.8) is 0 Å². The van der Waals surface area contributed by atoms with Gasteiger partial charge in [-0.2, -0.15) is 0 Å². The fourth-order valence-electron chi connectivity index (χ4n) is 1.95. The Bertz CT molecular complexity index is 184. The molecule has 1 atom stereocenters. The normalized spacial score (nSPS) is 22.5. The molecule has 2 N–H and O–H groups in total. The molecule has 0 aliphatic carbocycles. The molecule has 3 nitrogen and oxygen atoms in total. The van der Waals surface area contributed by atoms with Gasteiger partial charge in [-0.1, -0.05) is 26.7 Å². The molecule has 3 heteroatoms. The summed E-state index contributed by atoms with van der Waals surface area (Å²) in [6, 6.07) is 0.489. The molecule has 1 fully saturated rings. The van der Waals surface area contributed by atoms with Gasteiger partial charge in [0.25, 0.3) is 0 Å². The summed E-state index contributed by atoms with van der Waals surface area (Å²) in [5.41, 5.74) is 0. The van der Waals surface area contributed by atoms with Crippen molar-refractivity contribution in [2.24, 2.45) is 5.92 Å². The van der Waals surface area contributed by atoms with E-state index in [9.17, 15) is 4.79 Å². The molecule has 0 spiro atoms. The van der Waals surface area contributed by atoms with Crippen LogP contribution in [0.15, 0.2) is 0 Å². The second-order valence-corrected chi connectivity index (χ2v) is 4.90. The van der Waals surface area contributed by atoms with Crippen LogP contribution in [0.3, 0.4) is 0 Å². The molecule has 1 aliphatic heterocycles. The lowest BCUT2D eigenvalue weighted by Crippen LogP contribution is -2.40. The van der Waals surface area contributed by atoms with Gasteiger partial charge >= 0.3 is 0 Å². The molecular weight excluding hydrogens is 188 g/mol. The van der Waals surface area contributed by atoms with E-state index >= 15 is 0 Å². The van der Waals surface area contributed by atoms with Gasteiger partial charge in [-0.05, 0) is 25.3 Å². The van der Waals surface area contributed by atoms with Crippen LogP contribution in [0, 0.1) is 5.92 Å². The van der Waals surface area contributed by atoms with E-state index in [-0.39, 0.29) is 5.91 Å². The number of carbonyl (C=O) groups is 1. The second-order valence-electron chi connectivity index (χ2n) is 4.90. The summed E-state index contributed by atoms with van der Waals surface area (Å²) in [6.45, 7) is 6.04. The summed E-state index contributed by atoms with van der Waals surface area (Å²) in [7, 11) is 0. The van der Waals surface area contributed by atoms with Crippen LogP contribution in [0.2, 0.25) is 0 Å². The van der Waals surface area contributed by atoms with Gasteiger partial charge in [-0.15, -0.1) is 0 Å². The van der Waals surface area contributed by atoms with E-state index in [1.54, 1.807) is 0 Å². The number of hydrogen-bond donors (Lipinski definition) is 2. The number of nitrogens with one attached hydrogen (secondary N) is 2. The standard InChI is InChI=1S/C12H24N2O/c1-10(2)8-12(15)14-9-11-6-4-3-5-7-13-11/h10-11,13H,3-9H2,1-2H3,(H,14,15). The van der Waals surface area contributed by atoms with Crippen LogP contribution in [-0.4, -0.2) is 25.0 Å². The smallest absolute Gasteiger partial charge is 0.220 e. The highest BCUT2D eigenvalue weighted by molar-refractivity contribution is 5.76. The third-order valence-corrected chi connectivity index (χ3v) is 2.80. The summed E-state index contributed by atoms with van der Waals surface area (Å²) in [4.78, 5) is 11.4. The van der Waals surface area contributed by atoms with Crippen molar-refractivity contribution >= 4 is 5.91 Å². The molecule has 0 radical (unpaired) electrons. The van der Waals surface area contributed by atoms with Crippen LogP contribution in [0.5, 0.6) is 0 Å². The second kappa shape index (κ2) is 6.83. The first kappa shape index (κ1) is 12.5. The molecular formula is C12H24N2O. The van der Waals surface area contributed by atoms with Crippen molar-refractivity contribution in [2.45, 2.75) is 52.0 Å². The minimum atomic E-state index is 0.191. The molecule has 1 amide bonds. The third-order valence-electron chi connectivity index (χ3n) is 2.80. The molecule has 88 valence electrons. The Balaban J connectivity index is 2.14. The molecule has 0 aromatic rings. The van der Waals surface area contributed by atoms with Gasteiger partial charge in [0.1, 0.15) is 0 Å². The molecule has 0 bridgehead atoms. The highest BCUT2D eigenvalue weighted by Gasteiger charge is 2.12. The van der Waals surface area contributed by atoms with Gasteiger partial charge in [0.2, 0.25) is 5.91 Å². The number of amides is 1. The van der Waals surface area contributed by atoms with E-state index in [0.29, 0.717) is 18.4 Å². The number of rotatable bonds is 4. The average molecular weight is 212 g/mol. The first-order valence-electron chi connectivity index (χ1n) is 6.18. The summed E-state index contributed by atoms with van der Waals surface area (Å²) in [5.74, 6) is 0.642. The van der Waals surface area contributed by atoms with Crippen LogP contribution < -0.4 is 10.6 Å². The summed E-state index contributed by atoms with van der Waals surface area (Å²) in [5, 5.41) is 6.49. The first-order valence-corrected chi connectivity index (χ1v) is 6.18. The molecule has 1 rings (SSSR count). The monoisotopic (exact) mass is 212 g/mol. The maximum absolute atomic E-state index is 11.4. The van der Waals surface area contributed by atoms with Crippen LogP contribution in [0.1, 0.15) is 46.0 Å². The maximum atomic E-state index is 11.4. The van der Waals surface area contributed by atoms with Crippen molar-refractivity contribution < 1.29 is 4.79 Å². The van der Waals surface area contributed by atoms with E-state index < -0.39 is 0 Å². The largest absolute Gasteiger partial charge is 0.355 e. The van der Waals surface area contributed by atoms with Gasteiger partial charge in [0, 0.05) is 19.0 Å². The highest BCUT2D eigenvalue weighted by atomic mass is 16.1. The van der Waals surface area contributed by atoms with Crippen molar-refractivity contribution in [1.82, 2.24) is 10.6 Å². The SMILES string of the molecule is CC(C)CC(=O)NCC1CCCCCN1. The molecule has 1 heterocycles. The maximum Gasteiger partial charge on any atom is 0.220 e. The summed E-state index contributed by atoms with van der Waals surface area (Å²) in [6.07, 6.45) is 5.73. The molecule has 0 saturated carbocycles. The zero-order valence-electron chi connectivity index (χ0n) is 10.0. The predicted octanol–water partition coefficient (Wildman–Crippen LogP) is 1.68. The van der Waals surface area contributed by atoms with E-state index in [2.05, 4.69) is 24.5 Å². The van der Waals surface area contributed by atoms with E-state index in [4.69, 9.17) is 0 Å². The van der Waals surface area contributed by atoms with Crippen molar-refractivity contribution in [1.29, 1.82) is 0 Å². The van der Waals surface area contributed by atoms with Crippen LogP contribution in [0.4, 0.5) is 0 Å². The average Bonchev–Trinajstić information content (AvgIpc) is 2.41. The van der Waals surface area contributed by atoms with E-state index in [1.807, 2.05) is 0 Å². The van der Waals surface area contributed by atoms with Gasteiger partial charge < -0.3 is 10.6 Å². The Hall–Kier alpha value is -0.570. The van der Waals surface area contributed by atoms with Crippen LogP contribution in [-0.2, 0) is 4.79 Å². The minimum Gasteiger partial charge on any atom is -0.355 e. The lowest BCUT2D eigenvalue weighted by molar-refractivity contribution is -0.121. The number of carbonyl (C=O) groups excluding carboxylic acids is 1. The predicted molar refractivity (Wildman–Crippen MR) is 62.7 cm³/mol. The van der Waals surface area contributed by atoms with Gasteiger partial charge in [0.15, 0.2) is 0 Å². The molecule has 0 aromatic heterocycles. The van der Waals surface area contributed by atoms with Gasteiger partial charge in [-0.25, -0.2) is 0 Å². The first-order chi connectivity index (χ1) is 7.18. The lowest BCUT2D eigenvalue weighted by Gasteiger charge is -2.16. The van der Waals surface area contributed by atoms with Crippen molar-refractivity contribution in [2.75, 3.05) is 13.1 Å². The Morgan fingerprint density at radius 3 is 2.93 bits per heavy atom. The lowest BCUT2D eigenvalue weighted by atomic mass is 10.1. The molecule has 1 unspecified atom stereocenters. The fraction of sp³-hybridized carbons (Fsp3) is 0.917. The van der Waals surface area contributed by atoms with E-state index in [1.165, 1.54) is 25.7 Å². The molecule has 0 aromatic carbocycles. The highest BCUT2D eigenvalue weighted by Crippen LogP contribution is 2.07. The Labute approximate surface area is 93.0 Å². The molecule has 15 heavy (non-hydrogen) atoms. The van der Waals surface area contributed by atoms with Gasteiger partial charge in [0.05, 0.1) is 0 Å². The van der Waals surface area contributed by atoms with Gasteiger partial charge in [-0.3, -0.25) is 4.79 Å². The molecule has 1 aliphatic rings. The third kappa shape index (κ3) is 5.78. The van der Waals surface area contributed by atoms with Crippen LogP contribution >= 0.6 is 0 Å². The summed E-state index contributed by atoms with van der Waals surface area (Å²) >= 11 is 0. The minimum absolute atomic E-state index is 0.191. The fourth-order valence-corrected chi connectivity index (χ4v) is 1.95. The molecule has 1 saturated heterocycles. The summed E-state index contributed by atoms with van der Waals surface area (Å²) < 4.78 is 0. The van der Waals surface area contributed by atoms with E-state index in [0.717, 1.165) is 13.1 Å². The number of hydrogen-bond acceptors (Lipinski definition) is 2. The topological polar surface area (TPSA) is 41.1 Å². The Morgan fingerprint density at radius 2 is 2.20 bits per heavy atom. The quantitative estimate of drug-likeness (QED) is 0.744. The zero-order chi connectivity index (χ0) is 11.1.